The van der Waals surface area contributed by atoms with Crippen LogP contribution in [0.5, 0.6) is 0 Å². The van der Waals surface area contributed by atoms with E-state index in [2.05, 4.69) is 15.5 Å². The standard InChI is InChI=1S/C11H12ClN3O/c12-8-2-1-3-9-11(8)15(6-10(16)14-9)7-4-13-5-7/h1-3,7,13H,4-6H2,(H,14,16). The van der Waals surface area contributed by atoms with E-state index in [9.17, 15) is 4.79 Å². The van der Waals surface area contributed by atoms with Crippen molar-refractivity contribution in [3.8, 4) is 0 Å². The third-order valence-electron chi connectivity index (χ3n) is 3.06. The van der Waals surface area contributed by atoms with Gasteiger partial charge in [-0.2, -0.15) is 0 Å². The zero-order valence-corrected chi connectivity index (χ0v) is 9.42. The fourth-order valence-corrected chi connectivity index (χ4v) is 2.42. The van der Waals surface area contributed by atoms with Gasteiger partial charge in [-0.1, -0.05) is 17.7 Å². The highest BCUT2D eigenvalue weighted by Crippen LogP contribution is 2.37. The largest absolute Gasteiger partial charge is 0.354 e. The highest BCUT2D eigenvalue weighted by atomic mass is 35.5. The lowest BCUT2D eigenvalue weighted by molar-refractivity contribution is -0.115. The molecule has 1 aromatic carbocycles. The Hall–Kier alpha value is -1.26. The molecule has 0 atom stereocenters. The smallest absolute Gasteiger partial charge is 0.243 e. The molecule has 0 bridgehead atoms. The van der Waals surface area contributed by atoms with Gasteiger partial charge in [-0.05, 0) is 12.1 Å². The highest BCUT2D eigenvalue weighted by molar-refractivity contribution is 6.34. The molecule has 5 heteroatoms. The van der Waals surface area contributed by atoms with Crippen molar-refractivity contribution in [3.63, 3.8) is 0 Å². The van der Waals surface area contributed by atoms with E-state index in [1.54, 1.807) is 0 Å². The van der Waals surface area contributed by atoms with Crippen molar-refractivity contribution in [2.75, 3.05) is 29.9 Å². The lowest BCUT2D eigenvalue weighted by Gasteiger charge is -2.42. The van der Waals surface area contributed by atoms with Crippen LogP contribution in [0.4, 0.5) is 11.4 Å². The van der Waals surface area contributed by atoms with E-state index in [1.807, 2.05) is 18.2 Å². The first-order valence-electron chi connectivity index (χ1n) is 5.31. The number of halogens is 1. The van der Waals surface area contributed by atoms with Gasteiger partial charge in [0.2, 0.25) is 5.91 Å². The molecular weight excluding hydrogens is 226 g/mol. The molecule has 3 rings (SSSR count). The molecule has 2 aliphatic rings. The zero-order chi connectivity index (χ0) is 11.1. The zero-order valence-electron chi connectivity index (χ0n) is 8.66. The Balaban J connectivity index is 2.05. The minimum atomic E-state index is 0.0293. The summed E-state index contributed by atoms with van der Waals surface area (Å²) in [5.41, 5.74) is 1.77. The van der Waals surface area contributed by atoms with Crippen molar-refractivity contribution in [1.82, 2.24) is 5.32 Å². The number of hydrogen-bond donors (Lipinski definition) is 2. The number of amides is 1. The second-order valence-electron chi connectivity index (χ2n) is 4.12. The van der Waals surface area contributed by atoms with Gasteiger partial charge in [-0.25, -0.2) is 0 Å². The number of hydrogen-bond acceptors (Lipinski definition) is 3. The second-order valence-corrected chi connectivity index (χ2v) is 4.53. The van der Waals surface area contributed by atoms with Gasteiger partial charge in [0.25, 0.3) is 0 Å². The van der Waals surface area contributed by atoms with Gasteiger partial charge >= 0.3 is 0 Å². The van der Waals surface area contributed by atoms with Crippen molar-refractivity contribution >= 4 is 28.9 Å². The van der Waals surface area contributed by atoms with E-state index < -0.39 is 0 Å². The molecule has 0 saturated carbocycles. The second kappa shape index (κ2) is 3.64. The molecular formula is C11H12ClN3O. The van der Waals surface area contributed by atoms with Crippen LogP contribution in [0.3, 0.4) is 0 Å². The lowest BCUT2D eigenvalue weighted by Crippen LogP contribution is -2.60. The quantitative estimate of drug-likeness (QED) is 0.768. The van der Waals surface area contributed by atoms with Gasteiger partial charge in [-0.3, -0.25) is 4.79 Å². The number of carbonyl (C=O) groups is 1. The molecule has 0 unspecified atom stereocenters. The van der Waals surface area contributed by atoms with Crippen LogP contribution < -0.4 is 15.5 Å². The van der Waals surface area contributed by atoms with Crippen LogP contribution in [0, 0.1) is 0 Å². The Morgan fingerprint density at radius 3 is 2.88 bits per heavy atom. The minimum Gasteiger partial charge on any atom is -0.354 e. The summed E-state index contributed by atoms with van der Waals surface area (Å²) in [5.74, 6) is 0.0293. The number of fused-ring (bicyclic) bond motifs is 1. The molecule has 0 radical (unpaired) electrons. The normalized spacial score (nSPS) is 20.1. The summed E-state index contributed by atoms with van der Waals surface area (Å²) in [6.45, 7) is 2.22. The maximum atomic E-state index is 11.6. The molecule has 0 aromatic heterocycles. The van der Waals surface area contributed by atoms with E-state index in [0.29, 0.717) is 17.6 Å². The number of anilines is 2. The topological polar surface area (TPSA) is 44.4 Å². The third-order valence-corrected chi connectivity index (χ3v) is 3.37. The molecule has 2 heterocycles. The van der Waals surface area contributed by atoms with Crippen LogP contribution in [0.1, 0.15) is 0 Å². The predicted octanol–water partition coefficient (Wildman–Crippen LogP) is 1.07. The Bertz CT molecular complexity index is 445. The number of para-hydroxylation sites is 1. The van der Waals surface area contributed by atoms with E-state index in [-0.39, 0.29) is 5.91 Å². The van der Waals surface area contributed by atoms with Gasteiger partial charge in [0.1, 0.15) is 0 Å². The summed E-state index contributed by atoms with van der Waals surface area (Å²) in [4.78, 5) is 13.7. The number of carbonyl (C=O) groups excluding carboxylic acids is 1. The number of benzene rings is 1. The van der Waals surface area contributed by atoms with E-state index in [4.69, 9.17) is 11.6 Å². The fraction of sp³-hybridized carbons (Fsp3) is 0.364. The molecule has 1 saturated heterocycles. The molecule has 2 aliphatic heterocycles. The van der Waals surface area contributed by atoms with Crippen LogP contribution in [0.15, 0.2) is 18.2 Å². The Labute approximate surface area is 98.6 Å². The summed E-state index contributed by atoms with van der Waals surface area (Å²) < 4.78 is 0. The first-order valence-corrected chi connectivity index (χ1v) is 5.69. The fourth-order valence-electron chi connectivity index (χ4n) is 2.14. The summed E-state index contributed by atoms with van der Waals surface area (Å²) in [6.07, 6.45) is 0. The van der Waals surface area contributed by atoms with Crippen LogP contribution >= 0.6 is 11.6 Å². The van der Waals surface area contributed by atoms with Crippen molar-refractivity contribution < 1.29 is 4.79 Å². The van der Waals surface area contributed by atoms with E-state index in [1.165, 1.54) is 0 Å². The monoisotopic (exact) mass is 237 g/mol. The highest BCUT2D eigenvalue weighted by Gasteiger charge is 2.32. The average Bonchev–Trinajstić information content (AvgIpc) is 2.14. The summed E-state index contributed by atoms with van der Waals surface area (Å²) in [6, 6.07) is 5.97. The van der Waals surface area contributed by atoms with E-state index >= 15 is 0 Å². The number of rotatable bonds is 1. The molecule has 1 amide bonds. The van der Waals surface area contributed by atoms with Crippen LogP contribution in [0.2, 0.25) is 5.02 Å². The van der Waals surface area contributed by atoms with Gasteiger partial charge in [-0.15, -0.1) is 0 Å². The molecule has 1 aromatic rings. The summed E-state index contributed by atoms with van der Waals surface area (Å²) in [5, 5.41) is 6.75. The Morgan fingerprint density at radius 2 is 2.19 bits per heavy atom. The molecule has 1 fully saturated rings. The maximum absolute atomic E-state index is 11.6. The lowest BCUT2D eigenvalue weighted by atomic mass is 10.1. The predicted molar refractivity (Wildman–Crippen MR) is 64.1 cm³/mol. The van der Waals surface area contributed by atoms with Crippen LogP contribution in [0.25, 0.3) is 0 Å². The van der Waals surface area contributed by atoms with Gasteiger partial charge in [0.15, 0.2) is 0 Å². The van der Waals surface area contributed by atoms with Crippen LogP contribution in [-0.4, -0.2) is 31.6 Å². The van der Waals surface area contributed by atoms with Crippen molar-refractivity contribution in [2.45, 2.75) is 6.04 Å². The average molecular weight is 238 g/mol. The molecule has 2 N–H and O–H groups in total. The van der Waals surface area contributed by atoms with Gasteiger partial charge < -0.3 is 15.5 Å². The summed E-state index contributed by atoms with van der Waals surface area (Å²) in [7, 11) is 0. The summed E-state index contributed by atoms with van der Waals surface area (Å²) >= 11 is 6.20. The molecule has 84 valence electrons. The molecule has 4 nitrogen and oxygen atoms in total. The van der Waals surface area contributed by atoms with Gasteiger partial charge in [0, 0.05) is 13.1 Å². The first kappa shape index (κ1) is 9.93. The maximum Gasteiger partial charge on any atom is 0.243 e. The van der Waals surface area contributed by atoms with Gasteiger partial charge in [0.05, 0.1) is 29.0 Å². The third kappa shape index (κ3) is 1.45. The van der Waals surface area contributed by atoms with Crippen LogP contribution in [-0.2, 0) is 4.79 Å². The van der Waals surface area contributed by atoms with E-state index in [0.717, 1.165) is 24.5 Å². The molecule has 0 aliphatic carbocycles. The Kier molecular flexibility index (Phi) is 2.26. The van der Waals surface area contributed by atoms with Crippen molar-refractivity contribution in [2.24, 2.45) is 0 Å². The Morgan fingerprint density at radius 1 is 1.38 bits per heavy atom. The number of nitrogens with one attached hydrogen (secondary N) is 2. The molecule has 0 spiro atoms. The first-order chi connectivity index (χ1) is 7.75. The number of nitrogens with zero attached hydrogens (tertiary/aromatic N) is 1. The minimum absolute atomic E-state index is 0.0293. The van der Waals surface area contributed by atoms with Crippen molar-refractivity contribution in [3.05, 3.63) is 23.2 Å². The SMILES string of the molecule is O=C1CN(C2CNC2)c2c(Cl)cccc2N1. The molecule has 16 heavy (non-hydrogen) atoms. The van der Waals surface area contributed by atoms with Crippen molar-refractivity contribution in [1.29, 1.82) is 0 Å².